The van der Waals surface area contributed by atoms with Crippen LogP contribution in [-0.4, -0.2) is 9.97 Å². The SMILES string of the molecule is CC1(C)c2ccccc2-c2c(-c3ccccc3-c3cc(-c4cc(-c5cccc(-c6ccccc6)c5)cc(-c5ccc6oc7ccccc7c6c5)c4)nc(-c4ccccc4)n3)cccc21. The first-order valence-corrected chi connectivity index (χ1v) is 22.0. The minimum atomic E-state index is -0.113. The predicted octanol–water partition coefficient (Wildman–Crippen LogP) is 16.4. The normalized spacial score (nSPS) is 12.7. The Morgan fingerprint density at radius 2 is 0.859 bits per heavy atom. The van der Waals surface area contributed by atoms with Crippen molar-refractivity contribution in [3.63, 3.8) is 0 Å². The number of fused-ring (bicyclic) bond motifs is 6. The molecule has 0 atom stereocenters. The first-order chi connectivity index (χ1) is 31.5. The van der Waals surface area contributed by atoms with Crippen molar-refractivity contribution in [1.82, 2.24) is 9.97 Å². The molecule has 1 aliphatic rings. The zero-order valence-electron chi connectivity index (χ0n) is 35.6. The summed E-state index contributed by atoms with van der Waals surface area (Å²) in [5, 5.41) is 2.20. The van der Waals surface area contributed by atoms with E-state index < -0.39 is 0 Å². The fourth-order valence-corrected chi connectivity index (χ4v) is 9.89. The van der Waals surface area contributed by atoms with Crippen LogP contribution in [0.15, 0.2) is 223 Å². The molecule has 2 aromatic heterocycles. The number of aromatic nitrogens is 2. The molecule has 1 aliphatic carbocycles. The Kier molecular flexibility index (Phi) is 8.84. The van der Waals surface area contributed by atoms with Crippen LogP contribution in [0.5, 0.6) is 0 Å². The summed E-state index contributed by atoms with van der Waals surface area (Å²) in [6, 6.07) is 78.0. The molecule has 0 aliphatic heterocycles. The summed E-state index contributed by atoms with van der Waals surface area (Å²) in [4.78, 5) is 10.8. The van der Waals surface area contributed by atoms with Gasteiger partial charge in [0.1, 0.15) is 11.2 Å². The van der Waals surface area contributed by atoms with Crippen LogP contribution < -0.4 is 0 Å². The lowest BCUT2D eigenvalue weighted by atomic mass is 9.81. The van der Waals surface area contributed by atoms with Crippen LogP contribution in [0.3, 0.4) is 0 Å². The van der Waals surface area contributed by atoms with E-state index in [4.69, 9.17) is 14.4 Å². The molecule has 0 fully saturated rings. The number of benzene rings is 9. The number of nitrogens with zero attached hydrogens (tertiary/aromatic N) is 2. The summed E-state index contributed by atoms with van der Waals surface area (Å²) in [7, 11) is 0. The topological polar surface area (TPSA) is 38.9 Å². The van der Waals surface area contributed by atoms with E-state index in [1.807, 2.05) is 18.2 Å². The van der Waals surface area contributed by atoms with Crippen LogP contribution in [0.1, 0.15) is 25.0 Å². The van der Waals surface area contributed by atoms with Gasteiger partial charge in [-0.3, -0.25) is 0 Å². The maximum absolute atomic E-state index is 6.27. The highest BCUT2D eigenvalue weighted by Gasteiger charge is 2.36. The van der Waals surface area contributed by atoms with E-state index >= 15 is 0 Å². The summed E-state index contributed by atoms with van der Waals surface area (Å²) in [5.74, 6) is 0.678. The third kappa shape index (κ3) is 6.36. The van der Waals surface area contributed by atoms with Crippen molar-refractivity contribution >= 4 is 21.9 Å². The lowest BCUT2D eigenvalue weighted by Crippen LogP contribution is -2.14. The zero-order valence-corrected chi connectivity index (χ0v) is 35.6. The quantitative estimate of drug-likeness (QED) is 0.161. The van der Waals surface area contributed by atoms with Gasteiger partial charge in [0.2, 0.25) is 0 Å². The Hall–Kier alpha value is -8.14. The van der Waals surface area contributed by atoms with E-state index in [1.54, 1.807) is 0 Å². The van der Waals surface area contributed by atoms with Crippen molar-refractivity contribution in [1.29, 1.82) is 0 Å². The molecule has 0 saturated heterocycles. The van der Waals surface area contributed by atoms with Gasteiger partial charge in [-0.1, -0.05) is 184 Å². The van der Waals surface area contributed by atoms with Gasteiger partial charge in [-0.25, -0.2) is 9.97 Å². The average molecular weight is 819 g/mol. The molecule has 12 rings (SSSR count). The Morgan fingerprint density at radius 3 is 1.66 bits per heavy atom. The molecule has 3 nitrogen and oxygen atoms in total. The Balaban J connectivity index is 1.08. The predicted molar refractivity (Wildman–Crippen MR) is 265 cm³/mol. The lowest BCUT2D eigenvalue weighted by molar-refractivity contribution is 0.660. The van der Waals surface area contributed by atoms with E-state index in [9.17, 15) is 0 Å². The van der Waals surface area contributed by atoms with Crippen LogP contribution in [0.25, 0.3) is 111 Å². The molecular weight excluding hydrogens is 777 g/mol. The number of rotatable bonds is 7. The Bertz CT molecular complexity index is 3580. The molecule has 302 valence electrons. The van der Waals surface area contributed by atoms with Gasteiger partial charge in [0.25, 0.3) is 0 Å². The summed E-state index contributed by atoms with van der Waals surface area (Å²) in [6.45, 7) is 4.68. The summed E-state index contributed by atoms with van der Waals surface area (Å²) >= 11 is 0. The molecule has 0 N–H and O–H groups in total. The minimum Gasteiger partial charge on any atom is -0.456 e. The van der Waals surface area contributed by atoms with Crippen LogP contribution >= 0.6 is 0 Å². The molecule has 64 heavy (non-hydrogen) atoms. The van der Waals surface area contributed by atoms with Crippen LogP contribution in [0.2, 0.25) is 0 Å². The average Bonchev–Trinajstić information content (AvgIpc) is 3.85. The van der Waals surface area contributed by atoms with Crippen molar-refractivity contribution in [3.05, 3.63) is 230 Å². The van der Waals surface area contributed by atoms with Gasteiger partial charge in [-0.15, -0.1) is 0 Å². The molecule has 0 amide bonds. The van der Waals surface area contributed by atoms with Gasteiger partial charge in [0.05, 0.1) is 11.4 Å². The highest BCUT2D eigenvalue weighted by Crippen LogP contribution is 2.53. The van der Waals surface area contributed by atoms with Crippen molar-refractivity contribution < 1.29 is 4.42 Å². The van der Waals surface area contributed by atoms with Crippen LogP contribution in [0.4, 0.5) is 0 Å². The minimum absolute atomic E-state index is 0.113. The molecule has 3 heteroatoms. The molecule has 0 spiro atoms. The van der Waals surface area contributed by atoms with Crippen LogP contribution in [0, 0.1) is 0 Å². The van der Waals surface area contributed by atoms with Gasteiger partial charge in [-0.05, 0) is 115 Å². The first kappa shape index (κ1) is 37.6. The zero-order chi connectivity index (χ0) is 42.8. The summed E-state index contributed by atoms with van der Waals surface area (Å²) in [5.41, 5.74) is 20.8. The van der Waals surface area contributed by atoms with E-state index in [1.165, 1.54) is 38.9 Å². The number of hydrogen-bond acceptors (Lipinski definition) is 3. The fourth-order valence-electron chi connectivity index (χ4n) is 9.89. The van der Waals surface area contributed by atoms with Crippen molar-refractivity contribution in [2.45, 2.75) is 19.3 Å². The molecule has 0 saturated carbocycles. The van der Waals surface area contributed by atoms with E-state index in [2.05, 4.69) is 214 Å². The third-order valence-electron chi connectivity index (χ3n) is 13.1. The summed E-state index contributed by atoms with van der Waals surface area (Å²) in [6.07, 6.45) is 0. The van der Waals surface area contributed by atoms with Crippen LogP contribution in [-0.2, 0) is 5.41 Å². The van der Waals surface area contributed by atoms with E-state index in [-0.39, 0.29) is 5.41 Å². The first-order valence-electron chi connectivity index (χ1n) is 22.0. The molecular formula is C61H42N2O. The molecule has 0 unspecified atom stereocenters. The van der Waals surface area contributed by atoms with E-state index in [0.717, 1.165) is 77.8 Å². The fraction of sp³-hybridized carbons (Fsp3) is 0.0492. The summed E-state index contributed by atoms with van der Waals surface area (Å²) < 4.78 is 6.27. The number of hydrogen-bond donors (Lipinski definition) is 0. The molecule has 0 bridgehead atoms. The maximum atomic E-state index is 6.27. The second-order valence-corrected chi connectivity index (χ2v) is 17.3. The smallest absolute Gasteiger partial charge is 0.160 e. The second kappa shape index (κ2) is 15.0. The van der Waals surface area contributed by atoms with Crippen molar-refractivity contribution in [3.8, 4) is 89.5 Å². The maximum Gasteiger partial charge on any atom is 0.160 e. The largest absolute Gasteiger partial charge is 0.456 e. The third-order valence-corrected chi connectivity index (χ3v) is 13.1. The highest BCUT2D eigenvalue weighted by atomic mass is 16.3. The molecule has 9 aromatic carbocycles. The Morgan fingerprint density at radius 1 is 0.328 bits per heavy atom. The number of furan rings is 1. The standard InChI is InChI=1S/C61H42N2O/c1-61(2)53-28-13-11-26-51(53)59-50(27-16-29-54(59)61)47-23-9-10-24-48(47)56-38-55(62-60(63-56)40-19-7-4-8-20-40)46-35-44(42-22-15-21-41(33-42)39-17-5-3-6-18-39)34-45(36-46)43-31-32-58-52(37-43)49-25-12-14-30-57(49)64-58/h3-38H,1-2H3. The lowest BCUT2D eigenvalue weighted by Gasteiger charge is -2.22. The molecule has 0 radical (unpaired) electrons. The monoisotopic (exact) mass is 818 g/mol. The van der Waals surface area contributed by atoms with Crippen molar-refractivity contribution in [2.75, 3.05) is 0 Å². The van der Waals surface area contributed by atoms with Gasteiger partial charge >= 0.3 is 0 Å². The van der Waals surface area contributed by atoms with E-state index in [0.29, 0.717) is 5.82 Å². The van der Waals surface area contributed by atoms with Gasteiger partial charge in [0.15, 0.2) is 5.82 Å². The van der Waals surface area contributed by atoms with Gasteiger partial charge in [0, 0.05) is 32.9 Å². The van der Waals surface area contributed by atoms with Crippen molar-refractivity contribution in [2.24, 2.45) is 0 Å². The van der Waals surface area contributed by atoms with Gasteiger partial charge in [-0.2, -0.15) is 0 Å². The Labute approximate surface area is 373 Å². The molecule has 11 aromatic rings. The number of para-hydroxylation sites is 1. The molecule has 2 heterocycles. The highest BCUT2D eigenvalue weighted by molar-refractivity contribution is 6.06. The second-order valence-electron chi connectivity index (χ2n) is 17.3. The van der Waals surface area contributed by atoms with Gasteiger partial charge < -0.3 is 4.42 Å².